The third kappa shape index (κ3) is 5.52. The lowest BCUT2D eigenvalue weighted by molar-refractivity contribution is -0.127. The van der Waals surface area contributed by atoms with Gasteiger partial charge in [-0.25, -0.2) is 4.79 Å². The predicted octanol–water partition coefficient (Wildman–Crippen LogP) is 0.862. The molecule has 0 aromatic carbocycles. The second kappa shape index (κ2) is 9.09. The second-order valence-corrected chi connectivity index (χ2v) is 5.49. The number of hydrogen-bond donors (Lipinski definition) is 1. The molecule has 23 heavy (non-hydrogen) atoms. The van der Waals surface area contributed by atoms with E-state index < -0.39 is 0 Å². The van der Waals surface area contributed by atoms with Crippen LogP contribution in [0.4, 0.5) is 4.79 Å². The van der Waals surface area contributed by atoms with Gasteiger partial charge < -0.3 is 19.9 Å². The van der Waals surface area contributed by atoms with Crippen LogP contribution in [0.5, 0.6) is 0 Å². The Balaban J connectivity index is 1.82. The predicted molar refractivity (Wildman–Crippen MR) is 85.7 cm³/mol. The van der Waals surface area contributed by atoms with Crippen molar-refractivity contribution in [3.63, 3.8) is 0 Å². The monoisotopic (exact) mass is 320 g/mol. The van der Waals surface area contributed by atoms with E-state index in [4.69, 9.17) is 4.74 Å². The van der Waals surface area contributed by atoms with Crippen LogP contribution in [-0.4, -0.2) is 66.6 Å². The number of methoxy groups -OCH3 is 1. The number of carbonyl (C=O) groups excluding carboxylic acids is 2. The Hall–Kier alpha value is -2.15. The first-order valence-electron chi connectivity index (χ1n) is 7.89. The molecule has 7 nitrogen and oxygen atoms in total. The molecule has 0 spiro atoms. The molecule has 1 aliphatic rings. The van der Waals surface area contributed by atoms with E-state index in [1.165, 1.54) is 0 Å². The molecule has 0 unspecified atom stereocenters. The zero-order valence-electron chi connectivity index (χ0n) is 13.5. The third-order valence-electron chi connectivity index (χ3n) is 3.80. The molecule has 2 rings (SSSR count). The summed E-state index contributed by atoms with van der Waals surface area (Å²) >= 11 is 0. The van der Waals surface area contributed by atoms with Crippen LogP contribution in [0.1, 0.15) is 18.4 Å². The first kappa shape index (κ1) is 17.2. The van der Waals surface area contributed by atoms with Crippen LogP contribution in [0.3, 0.4) is 0 Å². The number of rotatable bonds is 8. The average Bonchev–Trinajstić information content (AvgIpc) is 2.97. The summed E-state index contributed by atoms with van der Waals surface area (Å²) in [6.07, 6.45) is 4.95. The number of aromatic nitrogens is 1. The van der Waals surface area contributed by atoms with E-state index in [1.807, 2.05) is 12.1 Å². The Morgan fingerprint density at radius 3 is 2.87 bits per heavy atom. The largest absolute Gasteiger partial charge is 0.383 e. The number of likely N-dealkylation sites (tertiary alicyclic amines) is 1. The number of pyridine rings is 1. The van der Waals surface area contributed by atoms with Crippen LogP contribution in [0.2, 0.25) is 0 Å². The number of amides is 3. The fourth-order valence-corrected chi connectivity index (χ4v) is 2.51. The summed E-state index contributed by atoms with van der Waals surface area (Å²) < 4.78 is 5.07. The number of ether oxygens (including phenoxy) is 1. The highest BCUT2D eigenvalue weighted by molar-refractivity contribution is 5.78. The number of nitrogens with one attached hydrogen (secondary N) is 1. The van der Waals surface area contributed by atoms with Crippen LogP contribution in [0.25, 0.3) is 0 Å². The van der Waals surface area contributed by atoms with Gasteiger partial charge in [-0.15, -0.1) is 0 Å². The molecule has 7 heteroatoms. The summed E-state index contributed by atoms with van der Waals surface area (Å²) in [7, 11) is 1.61. The summed E-state index contributed by atoms with van der Waals surface area (Å²) in [5.74, 6) is 0.173. The van der Waals surface area contributed by atoms with Crippen LogP contribution >= 0.6 is 0 Å². The van der Waals surface area contributed by atoms with Crippen molar-refractivity contribution >= 4 is 11.9 Å². The number of nitrogens with zero attached hydrogens (tertiary/aromatic N) is 3. The Morgan fingerprint density at radius 2 is 2.22 bits per heavy atom. The van der Waals surface area contributed by atoms with Crippen molar-refractivity contribution in [2.75, 3.05) is 39.9 Å². The maximum Gasteiger partial charge on any atom is 0.317 e. The van der Waals surface area contributed by atoms with Crippen molar-refractivity contribution in [2.24, 2.45) is 0 Å². The second-order valence-electron chi connectivity index (χ2n) is 5.49. The van der Waals surface area contributed by atoms with E-state index in [-0.39, 0.29) is 11.9 Å². The molecule has 1 aromatic heterocycles. The number of urea groups is 1. The third-order valence-corrected chi connectivity index (χ3v) is 3.80. The maximum absolute atomic E-state index is 12.3. The van der Waals surface area contributed by atoms with Crippen LogP contribution in [0.15, 0.2) is 24.5 Å². The Bertz CT molecular complexity index is 509. The van der Waals surface area contributed by atoms with Crippen molar-refractivity contribution in [3.8, 4) is 0 Å². The molecule has 1 aliphatic heterocycles. The molecule has 1 N–H and O–H groups in total. The van der Waals surface area contributed by atoms with E-state index >= 15 is 0 Å². The van der Waals surface area contributed by atoms with Gasteiger partial charge in [0.2, 0.25) is 5.91 Å². The summed E-state index contributed by atoms with van der Waals surface area (Å²) in [5.41, 5.74) is 1.01. The van der Waals surface area contributed by atoms with Gasteiger partial charge in [0, 0.05) is 58.6 Å². The molecular weight excluding hydrogens is 296 g/mol. The molecule has 0 aliphatic carbocycles. The van der Waals surface area contributed by atoms with Gasteiger partial charge >= 0.3 is 6.03 Å². The molecule has 3 amide bonds. The fourth-order valence-electron chi connectivity index (χ4n) is 2.51. The summed E-state index contributed by atoms with van der Waals surface area (Å²) in [4.78, 5) is 31.4. The van der Waals surface area contributed by atoms with Crippen molar-refractivity contribution < 1.29 is 14.3 Å². The molecule has 1 fully saturated rings. The molecule has 126 valence electrons. The minimum atomic E-state index is -0.148. The zero-order valence-corrected chi connectivity index (χ0v) is 13.5. The van der Waals surface area contributed by atoms with E-state index in [0.29, 0.717) is 39.2 Å². The highest BCUT2D eigenvalue weighted by Gasteiger charge is 2.20. The molecule has 1 aromatic rings. The first-order chi connectivity index (χ1) is 11.2. The van der Waals surface area contributed by atoms with Gasteiger partial charge in [0.25, 0.3) is 0 Å². The highest BCUT2D eigenvalue weighted by Crippen LogP contribution is 2.08. The summed E-state index contributed by atoms with van der Waals surface area (Å²) in [6, 6.07) is 3.62. The van der Waals surface area contributed by atoms with Gasteiger partial charge in [0.15, 0.2) is 0 Å². The lowest BCUT2D eigenvalue weighted by Gasteiger charge is -2.24. The molecular formula is C16H24N4O3. The fraction of sp³-hybridized carbons (Fsp3) is 0.562. The van der Waals surface area contributed by atoms with Gasteiger partial charge in [0.05, 0.1) is 6.61 Å². The van der Waals surface area contributed by atoms with Crippen LogP contribution in [0, 0.1) is 0 Å². The van der Waals surface area contributed by atoms with Crippen molar-refractivity contribution in [2.45, 2.75) is 19.4 Å². The van der Waals surface area contributed by atoms with Gasteiger partial charge in [0.1, 0.15) is 0 Å². The van der Waals surface area contributed by atoms with Gasteiger partial charge in [-0.2, -0.15) is 0 Å². The van der Waals surface area contributed by atoms with Crippen molar-refractivity contribution in [1.29, 1.82) is 0 Å². The lowest BCUT2D eigenvalue weighted by atomic mass is 10.2. The lowest BCUT2D eigenvalue weighted by Crippen LogP contribution is -2.44. The molecule has 0 bridgehead atoms. The van der Waals surface area contributed by atoms with Crippen molar-refractivity contribution in [3.05, 3.63) is 30.1 Å². The Kier molecular flexibility index (Phi) is 6.80. The molecule has 0 atom stereocenters. The van der Waals surface area contributed by atoms with E-state index in [0.717, 1.165) is 18.5 Å². The number of carbonyl (C=O) groups is 2. The van der Waals surface area contributed by atoms with Crippen LogP contribution in [-0.2, 0) is 16.1 Å². The van der Waals surface area contributed by atoms with Gasteiger partial charge in [-0.1, -0.05) is 0 Å². The quantitative estimate of drug-likeness (QED) is 0.771. The first-order valence-corrected chi connectivity index (χ1v) is 7.89. The van der Waals surface area contributed by atoms with Crippen LogP contribution < -0.4 is 5.32 Å². The Morgan fingerprint density at radius 1 is 1.43 bits per heavy atom. The molecule has 1 saturated heterocycles. The van der Waals surface area contributed by atoms with Gasteiger partial charge in [-0.3, -0.25) is 9.78 Å². The highest BCUT2D eigenvalue weighted by atomic mass is 16.5. The normalized spacial score (nSPS) is 14.1. The topological polar surface area (TPSA) is 74.8 Å². The zero-order chi connectivity index (χ0) is 16.5. The van der Waals surface area contributed by atoms with Gasteiger partial charge in [-0.05, 0) is 24.1 Å². The van der Waals surface area contributed by atoms with E-state index in [2.05, 4.69) is 10.3 Å². The summed E-state index contributed by atoms with van der Waals surface area (Å²) in [6.45, 7) is 3.30. The molecule has 0 saturated carbocycles. The van der Waals surface area contributed by atoms with Crippen molar-refractivity contribution in [1.82, 2.24) is 20.1 Å². The number of hydrogen-bond acceptors (Lipinski definition) is 4. The maximum atomic E-state index is 12.3. The minimum Gasteiger partial charge on any atom is -0.383 e. The SMILES string of the molecule is COCCN(Cc1ccncc1)C(=O)NCCN1CCCC1=O. The van der Waals surface area contributed by atoms with E-state index in [9.17, 15) is 9.59 Å². The smallest absolute Gasteiger partial charge is 0.317 e. The minimum absolute atomic E-state index is 0.148. The Labute approximate surface area is 136 Å². The summed E-state index contributed by atoms with van der Waals surface area (Å²) in [5, 5.41) is 2.88. The molecule has 2 heterocycles. The molecule has 0 radical (unpaired) electrons. The standard InChI is InChI=1S/C16H24N4O3/c1-23-12-11-20(13-14-4-6-17-7-5-14)16(22)18-8-10-19-9-2-3-15(19)21/h4-7H,2-3,8-13H2,1H3,(H,18,22). The van der Waals surface area contributed by atoms with E-state index in [1.54, 1.807) is 29.3 Å². The average molecular weight is 320 g/mol.